The minimum atomic E-state index is -3.63. The largest absolute Gasteiger partial charge is 0.337 e. The molecule has 0 bridgehead atoms. The maximum absolute atomic E-state index is 12.6. The summed E-state index contributed by atoms with van der Waals surface area (Å²) in [4.78, 5) is 14.3. The van der Waals surface area contributed by atoms with Crippen LogP contribution in [0.4, 0.5) is 0 Å². The van der Waals surface area contributed by atoms with E-state index in [4.69, 9.17) is 0 Å². The molecule has 0 aliphatic carbocycles. The number of amides is 1. The zero-order valence-corrected chi connectivity index (χ0v) is 15.6. The van der Waals surface area contributed by atoms with Crippen LogP contribution in [0.2, 0.25) is 0 Å². The second-order valence-electron chi connectivity index (χ2n) is 6.11. The molecule has 0 spiro atoms. The van der Waals surface area contributed by atoms with Crippen molar-refractivity contribution in [3.63, 3.8) is 0 Å². The van der Waals surface area contributed by atoms with Gasteiger partial charge in [0.25, 0.3) is 5.91 Å². The van der Waals surface area contributed by atoms with Gasteiger partial charge < -0.3 is 4.90 Å². The third kappa shape index (κ3) is 5.14. The highest BCUT2D eigenvalue weighted by Crippen LogP contribution is 2.15. The van der Waals surface area contributed by atoms with E-state index in [2.05, 4.69) is 4.72 Å². The van der Waals surface area contributed by atoms with Crippen molar-refractivity contribution in [1.29, 1.82) is 0 Å². The predicted molar refractivity (Wildman–Crippen MR) is 98.8 cm³/mol. The lowest BCUT2D eigenvalue weighted by atomic mass is 10.1. The molecule has 1 N–H and O–H groups in total. The number of hydrogen-bond acceptors (Lipinski definition) is 3. The third-order valence-corrected chi connectivity index (χ3v) is 5.56. The first-order chi connectivity index (χ1) is 11.8. The van der Waals surface area contributed by atoms with Gasteiger partial charge in [0, 0.05) is 25.2 Å². The van der Waals surface area contributed by atoms with Crippen LogP contribution in [0.3, 0.4) is 0 Å². The smallest absolute Gasteiger partial charge is 0.253 e. The van der Waals surface area contributed by atoms with Crippen LogP contribution < -0.4 is 4.72 Å². The highest BCUT2D eigenvalue weighted by Gasteiger charge is 2.19. The van der Waals surface area contributed by atoms with E-state index in [1.165, 1.54) is 12.1 Å². The van der Waals surface area contributed by atoms with Crippen LogP contribution in [0.15, 0.2) is 59.5 Å². The highest BCUT2D eigenvalue weighted by atomic mass is 32.2. The summed E-state index contributed by atoms with van der Waals surface area (Å²) in [6.45, 7) is 4.17. The van der Waals surface area contributed by atoms with Crippen LogP contribution in [0.1, 0.15) is 36.2 Å². The Bertz CT molecular complexity index is 820. The van der Waals surface area contributed by atoms with E-state index in [0.717, 1.165) is 5.56 Å². The normalized spacial score (nSPS) is 12.6. The molecule has 0 radical (unpaired) electrons. The van der Waals surface area contributed by atoms with Crippen LogP contribution in [-0.2, 0) is 16.6 Å². The van der Waals surface area contributed by atoms with Crippen LogP contribution in [0, 0.1) is 0 Å². The molecule has 5 nitrogen and oxygen atoms in total. The van der Waals surface area contributed by atoms with Crippen LogP contribution in [-0.4, -0.2) is 32.3 Å². The van der Waals surface area contributed by atoms with Crippen molar-refractivity contribution in [2.75, 3.05) is 7.05 Å². The molecule has 2 rings (SSSR count). The van der Waals surface area contributed by atoms with E-state index in [-0.39, 0.29) is 16.8 Å². The Kier molecular flexibility index (Phi) is 6.33. The molecular formula is C19H24N2O3S. The molecule has 0 heterocycles. The summed E-state index contributed by atoms with van der Waals surface area (Å²) in [6.07, 6.45) is 0.692. The lowest BCUT2D eigenvalue weighted by molar-refractivity contribution is 0.0785. The summed E-state index contributed by atoms with van der Waals surface area (Å²) < 4.78 is 27.4. The fourth-order valence-corrected chi connectivity index (χ4v) is 3.73. The SMILES string of the molecule is CCC(C)NS(=O)(=O)c1cccc(C(=O)N(C)Cc2ccccc2)c1. The molecule has 1 unspecified atom stereocenters. The fourth-order valence-electron chi connectivity index (χ4n) is 2.36. The molecule has 0 aromatic heterocycles. The second kappa shape index (κ2) is 8.27. The van der Waals surface area contributed by atoms with Crippen molar-refractivity contribution in [1.82, 2.24) is 9.62 Å². The molecule has 134 valence electrons. The van der Waals surface area contributed by atoms with Gasteiger partial charge >= 0.3 is 0 Å². The Labute approximate surface area is 149 Å². The van der Waals surface area contributed by atoms with Gasteiger partial charge in [-0.3, -0.25) is 4.79 Å². The molecule has 0 aliphatic heterocycles. The number of benzene rings is 2. The summed E-state index contributed by atoms with van der Waals surface area (Å²) in [5, 5.41) is 0. The topological polar surface area (TPSA) is 66.5 Å². The van der Waals surface area contributed by atoms with Crippen molar-refractivity contribution >= 4 is 15.9 Å². The zero-order chi connectivity index (χ0) is 18.4. The van der Waals surface area contributed by atoms with E-state index < -0.39 is 10.0 Å². The molecule has 0 saturated carbocycles. The Morgan fingerprint density at radius 2 is 1.80 bits per heavy atom. The number of hydrogen-bond donors (Lipinski definition) is 1. The maximum Gasteiger partial charge on any atom is 0.253 e. The first-order valence-corrected chi connectivity index (χ1v) is 9.73. The monoisotopic (exact) mass is 360 g/mol. The number of nitrogens with zero attached hydrogens (tertiary/aromatic N) is 1. The summed E-state index contributed by atoms with van der Waals surface area (Å²) in [5.41, 5.74) is 1.37. The van der Waals surface area contributed by atoms with Crippen LogP contribution >= 0.6 is 0 Å². The molecule has 25 heavy (non-hydrogen) atoms. The minimum Gasteiger partial charge on any atom is -0.337 e. The quantitative estimate of drug-likeness (QED) is 0.825. The molecule has 0 saturated heterocycles. The van der Waals surface area contributed by atoms with Gasteiger partial charge in [-0.2, -0.15) is 0 Å². The standard InChI is InChI=1S/C19H24N2O3S/c1-4-15(2)20-25(23,24)18-12-8-11-17(13-18)19(22)21(3)14-16-9-6-5-7-10-16/h5-13,15,20H,4,14H2,1-3H3. The number of carbonyl (C=O) groups is 1. The first kappa shape index (κ1) is 19.1. The van der Waals surface area contributed by atoms with Crippen LogP contribution in [0.5, 0.6) is 0 Å². The van der Waals surface area contributed by atoms with Gasteiger partial charge in [0.15, 0.2) is 0 Å². The zero-order valence-electron chi connectivity index (χ0n) is 14.8. The Morgan fingerprint density at radius 1 is 1.12 bits per heavy atom. The molecule has 0 fully saturated rings. The van der Waals surface area contributed by atoms with E-state index in [1.807, 2.05) is 37.3 Å². The number of nitrogens with one attached hydrogen (secondary N) is 1. The molecular weight excluding hydrogens is 336 g/mol. The van der Waals surface area contributed by atoms with Gasteiger partial charge in [-0.15, -0.1) is 0 Å². The summed E-state index contributed by atoms with van der Waals surface area (Å²) in [6, 6.07) is 15.6. The van der Waals surface area contributed by atoms with Crippen molar-refractivity contribution in [2.24, 2.45) is 0 Å². The molecule has 0 aliphatic rings. The summed E-state index contributed by atoms with van der Waals surface area (Å²) in [5.74, 6) is -0.218. The van der Waals surface area contributed by atoms with Gasteiger partial charge in [-0.25, -0.2) is 13.1 Å². The fraction of sp³-hybridized carbons (Fsp3) is 0.316. The molecule has 1 amide bonds. The Morgan fingerprint density at radius 3 is 2.44 bits per heavy atom. The van der Waals surface area contributed by atoms with Gasteiger partial charge in [0.1, 0.15) is 0 Å². The van der Waals surface area contributed by atoms with E-state index >= 15 is 0 Å². The average Bonchev–Trinajstić information content (AvgIpc) is 2.61. The number of rotatable bonds is 7. The first-order valence-electron chi connectivity index (χ1n) is 8.25. The van der Waals surface area contributed by atoms with Gasteiger partial charge in [-0.05, 0) is 37.1 Å². The number of sulfonamides is 1. The van der Waals surface area contributed by atoms with Gasteiger partial charge in [0.2, 0.25) is 10.0 Å². The molecule has 6 heteroatoms. The summed E-state index contributed by atoms with van der Waals surface area (Å²) >= 11 is 0. The molecule has 2 aromatic carbocycles. The van der Waals surface area contributed by atoms with Crippen molar-refractivity contribution < 1.29 is 13.2 Å². The average molecular weight is 360 g/mol. The van der Waals surface area contributed by atoms with Crippen molar-refractivity contribution in [3.05, 3.63) is 65.7 Å². The third-order valence-electron chi connectivity index (χ3n) is 3.97. The Hall–Kier alpha value is -2.18. The van der Waals surface area contributed by atoms with Crippen molar-refractivity contribution in [3.8, 4) is 0 Å². The Balaban J connectivity index is 2.18. The summed E-state index contributed by atoms with van der Waals surface area (Å²) in [7, 11) is -1.93. The van der Waals surface area contributed by atoms with E-state index in [0.29, 0.717) is 18.5 Å². The minimum absolute atomic E-state index is 0.103. The highest BCUT2D eigenvalue weighted by molar-refractivity contribution is 7.89. The van der Waals surface area contributed by atoms with Gasteiger partial charge in [-0.1, -0.05) is 43.3 Å². The predicted octanol–water partition coefficient (Wildman–Crippen LogP) is 3.04. The van der Waals surface area contributed by atoms with Crippen LogP contribution in [0.25, 0.3) is 0 Å². The lowest BCUT2D eigenvalue weighted by Gasteiger charge is -2.18. The second-order valence-corrected chi connectivity index (χ2v) is 7.82. The number of carbonyl (C=O) groups excluding carboxylic acids is 1. The van der Waals surface area contributed by atoms with E-state index in [9.17, 15) is 13.2 Å². The molecule has 2 aromatic rings. The lowest BCUT2D eigenvalue weighted by Crippen LogP contribution is -2.32. The van der Waals surface area contributed by atoms with E-state index in [1.54, 1.807) is 31.0 Å². The van der Waals surface area contributed by atoms with Gasteiger partial charge in [0.05, 0.1) is 4.90 Å². The van der Waals surface area contributed by atoms with Crippen molar-refractivity contribution in [2.45, 2.75) is 37.8 Å². The molecule has 1 atom stereocenters. The maximum atomic E-state index is 12.6.